The molecule has 0 aliphatic heterocycles. The van der Waals surface area contributed by atoms with Gasteiger partial charge in [-0.2, -0.15) is 35.6 Å². The van der Waals surface area contributed by atoms with Gasteiger partial charge in [0.2, 0.25) is 5.95 Å². The van der Waals surface area contributed by atoms with E-state index in [9.17, 15) is 44.3 Å². The number of anilines is 5. The van der Waals surface area contributed by atoms with Crippen LogP contribution in [-0.2, 0) is 20.2 Å². The molecule has 1 aromatic heterocycles. The van der Waals surface area contributed by atoms with Gasteiger partial charge in [0.05, 0.1) is 38.9 Å². The second-order valence-electron chi connectivity index (χ2n) is 8.76. The second kappa shape index (κ2) is 10.5. The van der Waals surface area contributed by atoms with Gasteiger partial charge in [0, 0.05) is 11.1 Å². The Morgan fingerprint density at radius 1 is 0.767 bits per heavy atom. The molecule has 13 nitrogen and oxygen atoms in total. The predicted molar refractivity (Wildman–Crippen MR) is 149 cm³/mol. The zero-order valence-corrected chi connectivity index (χ0v) is 23.8. The van der Waals surface area contributed by atoms with Crippen LogP contribution in [0.25, 0.3) is 0 Å². The molecule has 4 aromatic rings. The van der Waals surface area contributed by atoms with Crippen molar-refractivity contribution in [3.8, 4) is 0 Å². The van der Waals surface area contributed by atoms with Crippen molar-refractivity contribution < 1.29 is 44.3 Å². The Hall–Kier alpha value is -4.26. The van der Waals surface area contributed by atoms with Crippen LogP contribution < -0.4 is 16.4 Å². The zero-order chi connectivity index (χ0) is 31.6. The molecule has 0 spiro atoms. The molecular weight excluding hydrogens is 659 g/mol. The van der Waals surface area contributed by atoms with Crippen LogP contribution in [0, 0.1) is 12.0 Å². The van der Waals surface area contributed by atoms with Gasteiger partial charge in [0.25, 0.3) is 20.2 Å². The molecule has 0 atom stereocenters. The van der Waals surface area contributed by atoms with Gasteiger partial charge in [0.15, 0.2) is 17.4 Å². The average Bonchev–Trinajstić information content (AvgIpc) is 2.90. The summed E-state index contributed by atoms with van der Waals surface area (Å²) >= 11 is 12.1. The second-order valence-corrected chi connectivity index (χ2v) is 12.3. The van der Waals surface area contributed by atoms with Crippen LogP contribution in [0.5, 0.6) is 0 Å². The summed E-state index contributed by atoms with van der Waals surface area (Å²) in [6.45, 7) is 0. The molecule has 0 saturated heterocycles. The number of carbonyl (C=O) groups excluding carboxylic acids is 2. The van der Waals surface area contributed by atoms with E-state index >= 15 is 0 Å². The Morgan fingerprint density at radius 3 is 1.91 bits per heavy atom. The smallest absolute Gasteiger partial charge is 0.313 e. The predicted octanol–water partition coefficient (Wildman–Crippen LogP) is 4.40. The fourth-order valence-corrected chi connectivity index (χ4v) is 5.96. The number of ketones is 2. The Morgan fingerprint density at radius 2 is 1.33 bits per heavy atom. The molecule has 0 amide bonds. The number of nitrogen functional groups attached to an aromatic ring is 1. The molecule has 0 unspecified atom stereocenters. The van der Waals surface area contributed by atoms with Gasteiger partial charge in [-0.05, 0) is 18.2 Å². The van der Waals surface area contributed by atoms with Crippen molar-refractivity contribution in [2.24, 2.45) is 0 Å². The maximum Gasteiger partial charge on any atom is 0.313 e. The molecule has 19 heteroatoms. The highest BCUT2D eigenvalue weighted by molar-refractivity contribution is 7.86. The Kier molecular flexibility index (Phi) is 7.36. The molecule has 222 valence electrons. The topological polar surface area (TPSA) is 219 Å². The highest BCUT2D eigenvalue weighted by atomic mass is 35.5. The van der Waals surface area contributed by atoms with Crippen molar-refractivity contribution in [2.75, 3.05) is 16.4 Å². The number of nitrogens with two attached hydrogens (primary N) is 1. The summed E-state index contributed by atoms with van der Waals surface area (Å²) in [7, 11) is -10.2. The third-order valence-corrected chi connectivity index (χ3v) is 8.57. The summed E-state index contributed by atoms with van der Waals surface area (Å²) < 4.78 is 95.9. The van der Waals surface area contributed by atoms with Crippen LogP contribution in [0.1, 0.15) is 31.8 Å². The van der Waals surface area contributed by atoms with Gasteiger partial charge in [0.1, 0.15) is 14.8 Å². The first-order chi connectivity index (χ1) is 20.0. The van der Waals surface area contributed by atoms with E-state index in [1.165, 1.54) is 24.3 Å². The SMILES string of the molecule is Nc1c(S(=O)(=O)O)cc(Nc2cc(S(=O)(=O)O)c(Nc3nc(F)nc(F)c3Cl)cc2Cl)c2c1C(=O)c1ccccc1C2=O. The molecule has 6 N–H and O–H groups in total. The summed E-state index contributed by atoms with van der Waals surface area (Å²) in [5.41, 5.74) is 2.66. The van der Waals surface area contributed by atoms with Gasteiger partial charge in [-0.3, -0.25) is 18.7 Å². The number of carbonyl (C=O) groups is 2. The number of halogens is 4. The normalized spacial score (nSPS) is 13.0. The number of aromatic nitrogens is 2. The minimum Gasteiger partial charge on any atom is -0.397 e. The molecule has 0 saturated carbocycles. The summed E-state index contributed by atoms with van der Waals surface area (Å²) in [6, 6.07) is 7.88. The third kappa shape index (κ3) is 5.37. The highest BCUT2D eigenvalue weighted by Gasteiger charge is 2.36. The summed E-state index contributed by atoms with van der Waals surface area (Å²) in [5.74, 6) is -3.85. The average molecular weight is 672 g/mol. The largest absolute Gasteiger partial charge is 0.397 e. The van der Waals surface area contributed by atoms with E-state index in [0.29, 0.717) is 6.07 Å². The first-order valence-corrected chi connectivity index (χ1v) is 15.0. The number of benzene rings is 3. The van der Waals surface area contributed by atoms with Gasteiger partial charge in [-0.1, -0.05) is 47.5 Å². The number of hydrogen-bond donors (Lipinski definition) is 5. The molecule has 1 aliphatic rings. The molecule has 0 fully saturated rings. The summed E-state index contributed by atoms with van der Waals surface area (Å²) in [5, 5.41) is 3.56. The number of nitrogens with zero attached hydrogens (tertiary/aromatic N) is 2. The van der Waals surface area contributed by atoms with Crippen molar-refractivity contribution in [1.29, 1.82) is 0 Å². The van der Waals surface area contributed by atoms with Crippen molar-refractivity contribution in [3.63, 3.8) is 0 Å². The maximum absolute atomic E-state index is 13.8. The first kappa shape index (κ1) is 30.2. The van der Waals surface area contributed by atoms with Gasteiger partial charge in [-0.15, -0.1) is 0 Å². The molecule has 0 radical (unpaired) electrons. The molecular formula is C24H13Cl2F2N5O8S2. The van der Waals surface area contributed by atoms with Crippen LogP contribution in [0.3, 0.4) is 0 Å². The summed E-state index contributed by atoms with van der Waals surface area (Å²) in [4.78, 5) is 31.0. The van der Waals surface area contributed by atoms with Crippen LogP contribution >= 0.6 is 23.2 Å². The van der Waals surface area contributed by atoms with Crippen molar-refractivity contribution in [1.82, 2.24) is 9.97 Å². The quantitative estimate of drug-likeness (QED) is 0.0732. The molecule has 3 aromatic carbocycles. The monoisotopic (exact) mass is 671 g/mol. The van der Waals surface area contributed by atoms with E-state index in [2.05, 4.69) is 20.6 Å². The van der Waals surface area contributed by atoms with Crippen molar-refractivity contribution in [2.45, 2.75) is 9.79 Å². The van der Waals surface area contributed by atoms with Gasteiger partial charge >= 0.3 is 6.08 Å². The highest BCUT2D eigenvalue weighted by Crippen LogP contribution is 2.42. The lowest BCUT2D eigenvalue weighted by Crippen LogP contribution is -2.25. The summed E-state index contributed by atoms with van der Waals surface area (Å²) in [6.07, 6.45) is -1.56. The fourth-order valence-electron chi connectivity index (χ4n) is 4.32. The van der Waals surface area contributed by atoms with Gasteiger partial charge in [-0.25, -0.2) is 0 Å². The molecule has 0 bridgehead atoms. The third-order valence-electron chi connectivity index (χ3n) is 6.13. The maximum atomic E-state index is 13.8. The number of fused-ring (bicyclic) bond motifs is 2. The zero-order valence-electron chi connectivity index (χ0n) is 20.7. The van der Waals surface area contributed by atoms with Crippen molar-refractivity contribution >= 4 is 83.6 Å². The Labute approximate surface area is 250 Å². The molecule has 1 heterocycles. The number of nitrogens with one attached hydrogen (secondary N) is 2. The van der Waals surface area contributed by atoms with E-state index in [-0.39, 0.29) is 16.1 Å². The van der Waals surface area contributed by atoms with E-state index in [0.717, 1.165) is 12.1 Å². The number of hydrogen-bond acceptors (Lipinski definition) is 11. The fraction of sp³-hybridized carbons (Fsp3) is 0. The van der Waals surface area contributed by atoms with Crippen LogP contribution in [-0.4, -0.2) is 47.5 Å². The van der Waals surface area contributed by atoms with E-state index in [4.69, 9.17) is 28.9 Å². The lowest BCUT2D eigenvalue weighted by atomic mass is 9.82. The number of rotatable bonds is 6. The van der Waals surface area contributed by atoms with Crippen LogP contribution in [0.2, 0.25) is 10.0 Å². The standard InChI is InChI=1S/C24H13Cl2F2N5O8S2/c25-10-5-12(31-23-18(26)22(27)32-24(28)33-23)14(42(36,37)38)6-11(10)30-13-7-15(43(39,40)41)19(29)17-16(13)20(34)8-3-1-2-4-9(8)21(17)35/h1-7,30H,29H2,(H,31,32,33)(H,36,37,38)(H,39,40,41). The van der Waals surface area contributed by atoms with E-state index < -0.39 is 98.3 Å². The Bertz CT molecular complexity index is 2150. The lowest BCUT2D eigenvalue weighted by molar-refractivity contribution is 0.0980. The molecule has 1 aliphatic carbocycles. The first-order valence-electron chi connectivity index (χ1n) is 11.3. The van der Waals surface area contributed by atoms with Crippen LogP contribution in [0.15, 0.2) is 52.3 Å². The van der Waals surface area contributed by atoms with E-state index in [1.807, 2.05) is 0 Å². The van der Waals surface area contributed by atoms with E-state index in [1.54, 1.807) is 0 Å². The van der Waals surface area contributed by atoms with Gasteiger partial charge < -0.3 is 16.4 Å². The minimum atomic E-state index is -5.15. The Balaban J connectivity index is 1.71. The van der Waals surface area contributed by atoms with Crippen molar-refractivity contribution in [3.05, 3.63) is 86.8 Å². The molecule has 43 heavy (non-hydrogen) atoms. The lowest BCUT2D eigenvalue weighted by Gasteiger charge is -2.24. The molecule has 5 rings (SSSR count). The van der Waals surface area contributed by atoms with Crippen LogP contribution in [0.4, 0.5) is 37.3 Å². The minimum absolute atomic E-state index is 0.0625.